The number of aromatic amines is 1. The van der Waals surface area contributed by atoms with Crippen LogP contribution < -0.4 is 4.72 Å². The van der Waals surface area contributed by atoms with Crippen molar-refractivity contribution < 1.29 is 8.42 Å². The van der Waals surface area contributed by atoms with Gasteiger partial charge in [-0.25, -0.2) is 13.1 Å². The van der Waals surface area contributed by atoms with Crippen molar-refractivity contribution >= 4 is 10.0 Å². The second kappa shape index (κ2) is 4.32. The number of nitrogens with one attached hydrogen (secondary N) is 2. The first-order valence-corrected chi connectivity index (χ1v) is 6.45. The quantitative estimate of drug-likeness (QED) is 0.801. The van der Waals surface area contributed by atoms with Gasteiger partial charge < -0.3 is 0 Å². The lowest BCUT2D eigenvalue weighted by molar-refractivity contribution is 0.388. The Balaban J connectivity index is 2.91. The van der Waals surface area contributed by atoms with Crippen molar-refractivity contribution in [2.24, 2.45) is 0 Å². The summed E-state index contributed by atoms with van der Waals surface area (Å²) in [4.78, 5) is 0. The molecule has 0 saturated carbocycles. The van der Waals surface area contributed by atoms with E-state index >= 15 is 0 Å². The molecule has 0 bridgehead atoms. The second-order valence-corrected chi connectivity index (χ2v) is 5.44. The monoisotopic (exact) mass is 231 g/mol. The molecule has 0 aliphatic heterocycles. The molecule has 1 rings (SSSR count). The maximum absolute atomic E-state index is 11.8. The van der Waals surface area contributed by atoms with Gasteiger partial charge in [-0.15, -0.1) is 0 Å². The summed E-state index contributed by atoms with van der Waals surface area (Å²) in [5.74, 6) is 0. The van der Waals surface area contributed by atoms with Gasteiger partial charge in [0.05, 0.1) is 6.20 Å². The standard InChI is InChI=1S/C9H17N3O2S/c1-4-9(3,5-2)12-15(13,14)8-6-7-10-11-8/h6-7,12H,4-5H2,1-3H3,(H,10,11). The summed E-state index contributed by atoms with van der Waals surface area (Å²) < 4.78 is 26.4. The zero-order valence-electron chi connectivity index (χ0n) is 9.24. The number of rotatable bonds is 5. The molecule has 0 fully saturated rings. The van der Waals surface area contributed by atoms with E-state index in [4.69, 9.17) is 0 Å². The number of aromatic nitrogens is 2. The van der Waals surface area contributed by atoms with Crippen LogP contribution in [0.3, 0.4) is 0 Å². The van der Waals surface area contributed by atoms with E-state index in [2.05, 4.69) is 14.9 Å². The van der Waals surface area contributed by atoms with Crippen LogP contribution >= 0.6 is 0 Å². The fourth-order valence-electron chi connectivity index (χ4n) is 1.17. The van der Waals surface area contributed by atoms with E-state index in [-0.39, 0.29) is 5.03 Å². The fourth-order valence-corrected chi connectivity index (χ4v) is 2.63. The van der Waals surface area contributed by atoms with Crippen LogP contribution in [0.1, 0.15) is 33.6 Å². The van der Waals surface area contributed by atoms with Gasteiger partial charge in [0.25, 0.3) is 10.0 Å². The molecule has 0 radical (unpaired) electrons. The summed E-state index contributed by atoms with van der Waals surface area (Å²) in [5, 5.41) is 6.18. The minimum absolute atomic E-state index is 0.107. The summed E-state index contributed by atoms with van der Waals surface area (Å²) in [7, 11) is -3.47. The lowest BCUT2D eigenvalue weighted by atomic mass is 9.98. The van der Waals surface area contributed by atoms with Crippen molar-refractivity contribution in [3.8, 4) is 0 Å². The van der Waals surface area contributed by atoms with Crippen LogP contribution in [-0.2, 0) is 10.0 Å². The third kappa shape index (κ3) is 2.79. The predicted molar refractivity (Wildman–Crippen MR) is 57.9 cm³/mol. The van der Waals surface area contributed by atoms with E-state index in [0.29, 0.717) is 0 Å². The number of hydrogen-bond donors (Lipinski definition) is 2. The lowest BCUT2D eigenvalue weighted by Gasteiger charge is -2.27. The Morgan fingerprint density at radius 1 is 1.47 bits per heavy atom. The summed E-state index contributed by atoms with van der Waals surface area (Å²) in [6.45, 7) is 5.80. The van der Waals surface area contributed by atoms with Gasteiger partial charge in [-0.05, 0) is 25.8 Å². The van der Waals surface area contributed by atoms with E-state index in [0.717, 1.165) is 12.8 Å². The smallest absolute Gasteiger partial charge is 0.257 e. The zero-order chi connectivity index (χ0) is 11.5. The van der Waals surface area contributed by atoms with Crippen LogP contribution in [0.2, 0.25) is 0 Å². The topological polar surface area (TPSA) is 74.8 Å². The van der Waals surface area contributed by atoms with Crippen LogP contribution in [0.5, 0.6) is 0 Å². The van der Waals surface area contributed by atoms with Crippen molar-refractivity contribution in [1.29, 1.82) is 0 Å². The summed E-state index contributed by atoms with van der Waals surface area (Å²) >= 11 is 0. The molecule has 1 heterocycles. The molecule has 1 aromatic rings. The Bertz CT molecular complexity index is 393. The van der Waals surface area contributed by atoms with Crippen molar-refractivity contribution in [1.82, 2.24) is 14.9 Å². The average molecular weight is 231 g/mol. The summed E-state index contributed by atoms with van der Waals surface area (Å²) in [6, 6.07) is 1.44. The highest BCUT2D eigenvalue weighted by Crippen LogP contribution is 2.17. The number of hydrogen-bond acceptors (Lipinski definition) is 3. The molecule has 0 spiro atoms. The Labute approximate surface area is 90.3 Å². The normalized spacial score (nSPS) is 13.0. The number of H-pyrrole nitrogens is 1. The predicted octanol–water partition coefficient (Wildman–Crippen LogP) is 1.27. The molecule has 0 atom stereocenters. The Kier molecular flexibility index (Phi) is 3.51. The SMILES string of the molecule is CCC(C)(CC)NS(=O)(=O)c1ccn[nH]1. The van der Waals surface area contributed by atoms with Gasteiger partial charge in [-0.3, -0.25) is 5.10 Å². The average Bonchev–Trinajstić information content (AvgIpc) is 2.70. The molecule has 5 nitrogen and oxygen atoms in total. The molecule has 0 aliphatic rings. The highest BCUT2D eigenvalue weighted by Gasteiger charge is 2.27. The van der Waals surface area contributed by atoms with Gasteiger partial charge in [-0.2, -0.15) is 5.10 Å². The van der Waals surface area contributed by atoms with Gasteiger partial charge in [0, 0.05) is 5.54 Å². The fraction of sp³-hybridized carbons (Fsp3) is 0.667. The van der Waals surface area contributed by atoms with Gasteiger partial charge in [0.2, 0.25) is 0 Å². The molecular weight excluding hydrogens is 214 g/mol. The van der Waals surface area contributed by atoms with Gasteiger partial charge >= 0.3 is 0 Å². The molecule has 0 aliphatic carbocycles. The van der Waals surface area contributed by atoms with Crippen molar-refractivity contribution in [3.63, 3.8) is 0 Å². The molecule has 2 N–H and O–H groups in total. The second-order valence-electron chi connectivity index (χ2n) is 3.79. The largest absolute Gasteiger partial charge is 0.266 e. The van der Waals surface area contributed by atoms with Crippen molar-refractivity contribution in [2.45, 2.75) is 44.2 Å². The summed E-state index contributed by atoms with van der Waals surface area (Å²) in [5.41, 5.74) is -0.399. The molecule has 0 aromatic carbocycles. The van der Waals surface area contributed by atoms with E-state index < -0.39 is 15.6 Å². The molecule has 0 saturated heterocycles. The molecule has 6 heteroatoms. The number of sulfonamides is 1. The third-order valence-electron chi connectivity index (χ3n) is 2.71. The van der Waals surface area contributed by atoms with E-state index in [1.54, 1.807) is 0 Å². The first kappa shape index (κ1) is 12.2. The lowest BCUT2D eigenvalue weighted by Crippen LogP contribution is -2.44. The molecule has 1 aromatic heterocycles. The first-order chi connectivity index (χ1) is 6.93. The molecular formula is C9H17N3O2S. The van der Waals surface area contributed by atoms with Crippen LogP contribution in [0.25, 0.3) is 0 Å². The highest BCUT2D eigenvalue weighted by molar-refractivity contribution is 7.89. The van der Waals surface area contributed by atoms with E-state index in [1.165, 1.54) is 12.3 Å². The highest BCUT2D eigenvalue weighted by atomic mass is 32.2. The van der Waals surface area contributed by atoms with Crippen molar-refractivity contribution in [2.75, 3.05) is 0 Å². The van der Waals surface area contributed by atoms with E-state index in [9.17, 15) is 8.42 Å². The molecule has 86 valence electrons. The third-order valence-corrected chi connectivity index (χ3v) is 4.27. The molecule has 0 unspecified atom stereocenters. The molecule has 15 heavy (non-hydrogen) atoms. The Morgan fingerprint density at radius 3 is 2.47 bits per heavy atom. The van der Waals surface area contributed by atoms with Crippen LogP contribution in [-0.4, -0.2) is 24.2 Å². The Morgan fingerprint density at radius 2 is 2.07 bits per heavy atom. The van der Waals surface area contributed by atoms with Crippen LogP contribution in [0.15, 0.2) is 17.3 Å². The van der Waals surface area contributed by atoms with E-state index in [1.807, 2.05) is 20.8 Å². The summed E-state index contributed by atoms with van der Waals surface area (Å²) in [6.07, 6.45) is 2.91. The zero-order valence-corrected chi connectivity index (χ0v) is 10.1. The first-order valence-electron chi connectivity index (χ1n) is 4.97. The van der Waals surface area contributed by atoms with Crippen molar-refractivity contribution in [3.05, 3.63) is 12.3 Å². The van der Waals surface area contributed by atoms with Gasteiger partial charge in [-0.1, -0.05) is 13.8 Å². The maximum atomic E-state index is 11.8. The van der Waals surface area contributed by atoms with Gasteiger partial charge in [0.1, 0.15) is 0 Å². The van der Waals surface area contributed by atoms with Gasteiger partial charge in [0.15, 0.2) is 5.03 Å². The maximum Gasteiger partial charge on any atom is 0.257 e. The van der Waals surface area contributed by atoms with Crippen LogP contribution in [0, 0.1) is 0 Å². The minimum atomic E-state index is -3.47. The Hall–Kier alpha value is -0.880. The van der Waals surface area contributed by atoms with Crippen LogP contribution in [0.4, 0.5) is 0 Å². The number of nitrogens with zero attached hydrogens (tertiary/aromatic N) is 1. The minimum Gasteiger partial charge on any atom is -0.266 e. The molecule has 0 amide bonds.